The quantitative estimate of drug-likeness (QED) is 0.418. The number of fused-ring (bicyclic) bond motifs is 3. The first-order chi connectivity index (χ1) is 9.81. The maximum absolute atomic E-state index is 5.98. The predicted octanol–water partition coefficient (Wildman–Crippen LogP) is 6.02. The van der Waals surface area contributed by atoms with Gasteiger partial charge in [0.2, 0.25) is 0 Å². The van der Waals surface area contributed by atoms with E-state index in [1.165, 1.54) is 10.8 Å². The van der Waals surface area contributed by atoms with Crippen LogP contribution in [-0.4, -0.2) is 0 Å². The van der Waals surface area contributed by atoms with E-state index >= 15 is 0 Å². The summed E-state index contributed by atoms with van der Waals surface area (Å²) in [6, 6.07) is 22.8. The lowest BCUT2D eigenvalue weighted by Gasteiger charge is -1.99. The predicted molar refractivity (Wildman–Crippen MR) is 86.9 cm³/mol. The van der Waals surface area contributed by atoms with Gasteiger partial charge in [0.1, 0.15) is 11.3 Å². The van der Waals surface area contributed by atoms with E-state index in [1.54, 1.807) is 0 Å². The second-order valence-electron chi connectivity index (χ2n) is 4.82. The SMILES string of the molecule is Brc1ccc2c(ccc3oc(-c4ccccc4)cc32)c1. The van der Waals surface area contributed by atoms with Crippen LogP contribution in [0.2, 0.25) is 0 Å². The second kappa shape index (κ2) is 4.50. The van der Waals surface area contributed by atoms with Gasteiger partial charge in [-0.15, -0.1) is 0 Å². The summed E-state index contributed by atoms with van der Waals surface area (Å²) >= 11 is 3.51. The highest BCUT2D eigenvalue weighted by Crippen LogP contribution is 2.33. The highest BCUT2D eigenvalue weighted by molar-refractivity contribution is 9.10. The van der Waals surface area contributed by atoms with E-state index in [-0.39, 0.29) is 0 Å². The molecule has 0 bridgehead atoms. The van der Waals surface area contributed by atoms with Crippen LogP contribution in [0.1, 0.15) is 0 Å². The van der Waals surface area contributed by atoms with Gasteiger partial charge in [-0.2, -0.15) is 0 Å². The van der Waals surface area contributed by atoms with Gasteiger partial charge in [0, 0.05) is 15.4 Å². The van der Waals surface area contributed by atoms with E-state index in [9.17, 15) is 0 Å². The van der Waals surface area contributed by atoms with Gasteiger partial charge in [-0.1, -0.05) is 58.4 Å². The second-order valence-corrected chi connectivity index (χ2v) is 5.74. The Balaban J connectivity index is 2.02. The van der Waals surface area contributed by atoms with Crippen molar-refractivity contribution in [3.8, 4) is 11.3 Å². The van der Waals surface area contributed by atoms with Crippen molar-refractivity contribution in [1.29, 1.82) is 0 Å². The summed E-state index contributed by atoms with van der Waals surface area (Å²) in [7, 11) is 0. The maximum atomic E-state index is 5.98. The smallest absolute Gasteiger partial charge is 0.135 e. The number of halogens is 1. The van der Waals surface area contributed by atoms with E-state index < -0.39 is 0 Å². The molecule has 1 heterocycles. The molecule has 1 nitrogen and oxygen atoms in total. The molecule has 0 aliphatic rings. The van der Waals surface area contributed by atoms with Crippen molar-refractivity contribution in [3.63, 3.8) is 0 Å². The van der Waals surface area contributed by atoms with Crippen molar-refractivity contribution in [2.75, 3.05) is 0 Å². The zero-order chi connectivity index (χ0) is 13.5. The van der Waals surface area contributed by atoms with Gasteiger partial charge in [-0.05, 0) is 35.0 Å². The van der Waals surface area contributed by atoms with Crippen molar-refractivity contribution in [1.82, 2.24) is 0 Å². The van der Waals surface area contributed by atoms with Crippen molar-refractivity contribution in [2.24, 2.45) is 0 Å². The van der Waals surface area contributed by atoms with Gasteiger partial charge in [-0.3, -0.25) is 0 Å². The molecule has 2 heteroatoms. The summed E-state index contributed by atoms with van der Waals surface area (Å²) in [5.74, 6) is 0.913. The summed E-state index contributed by atoms with van der Waals surface area (Å²) in [5, 5.41) is 3.60. The topological polar surface area (TPSA) is 13.1 Å². The summed E-state index contributed by atoms with van der Waals surface area (Å²) in [6.45, 7) is 0. The molecular formula is C18H11BrO. The lowest BCUT2D eigenvalue weighted by atomic mass is 10.1. The molecular weight excluding hydrogens is 312 g/mol. The van der Waals surface area contributed by atoms with Gasteiger partial charge in [-0.25, -0.2) is 0 Å². The molecule has 0 amide bonds. The molecule has 0 aliphatic carbocycles. The monoisotopic (exact) mass is 322 g/mol. The van der Waals surface area contributed by atoms with Crippen LogP contribution in [0.5, 0.6) is 0 Å². The van der Waals surface area contributed by atoms with Crippen LogP contribution in [0.4, 0.5) is 0 Å². The average molecular weight is 323 g/mol. The molecule has 0 N–H and O–H groups in total. The lowest BCUT2D eigenvalue weighted by molar-refractivity contribution is 0.632. The fourth-order valence-electron chi connectivity index (χ4n) is 2.57. The zero-order valence-electron chi connectivity index (χ0n) is 10.6. The Bertz CT molecular complexity index is 907. The first kappa shape index (κ1) is 11.7. The summed E-state index contributed by atoms with van der Waals surface area (Å²) < 4.78 is 7.07. The zero-order valence-corrected chi connectivity index (χ0v) is 12.2. The fourth-order valence-corrected chi connectivity index (χ4v) is 2.95. The Hall–Kier alpha value is -2.06. The molecule has 0 aliphatic heterocycles. The third-order valence-corrected chi connectivity index (χ3v) is 4.03. The summed E-state index contributed by atoms with van der Waals surface area (Å²) in [6.07, 6.45) is 0. The minimum atomic E-state index is 0.913. The molecule has 4 rings (SSSR count). The number of rotatable bonds is 1. The van der Waals surface area contributed by atoms with Crippen molar-refractivity contribution < 1.29 is 4.42 Å². The third-order valence-electron chi connectivity index (χ3n) is 3.54. The Morgan fingerprint density at radius 3 is 2.45 bits per heavy atom. The maximum Gasteiger partial charge on any atom is 0.135 e. The molecule has 0 unspecified atom stereocenters. The molecule has 4 aromatic rings. The van der Waals surface area contributed by atoms with E-state index in [2.05, 4.69) is 58.4 Å². The molecule has 0 fully saturated rings. The Morgan fingerprint density at radius 1 is 0.750 bits per heavy atom. The number of furan rings is 1. The van der Waals surface area contributed by atoms with Crippen LogP contribution in [0, 0.1) is 0 Å². The molecule has 0 atom stereocenters. The van der Waals surface area contributed by atoms with Crippen molar-refractivity contribution >= 4 is 37.7 Å². The third kappa shape index (κ3) is 1.84. The standard InChI is InChI=1S/C18H11BrO/c19-14-7-8-15-13(10-14)6-9-17-16(15)11-18(20-17)12-4-2-1-3-5-12/h1-11H. The number of hydrogen-bond donors (Lipinski definition) is 0. The molecule has 20 heavy (non-hydrogen) atoms. The average Bonchev–Trinajstić information content (AvgIpc) is 2.92. The van der Waals surface area contributed by atoms with Gasteiger partial charge < -0.3 is 4.42 Å². The van der Waals surface area contributed by atoms with Crippen LogP contribution in [0.15, 0.2) is 75.6 Å². The van der Waals surface area contributed by atoms with Crippen LogP contribution in [0.3, 0.4) is 0 Å². The molecule has 0 spiro atoms. The molecule has 0 saturated carbocycles. The fraction of sp³-hybridized carbons (Fsp3) is 0. The van der Waals surface area contributed by atoms with E-state index in [0.29, 0.717) is 0 Å². The Morgan fingerprint density at radius 2 is 1.60 bits per heavy atom. The summed E-state index contributed by atoms with van der Waals surface area (Å²) in [4.78, 5) is 0. The van der Waals surface area contributed by atoms with Gasteiger partial charge >= 0.3 is 0 Å². The summed E-state index contributed by atoms with van der Waals surface area (Å²) in [5.41, 5.74) is 2.03. The largest absolute Gasteiger partial charge is 0.456 e. The van der Waals surface area contributed by atoms with Crippen LogP contribution in [-0.2, 0) is 0 Å². The van der Waals surface area contributed by atoms with Gasteiger partial charge in [0.25, 0.3) is 0 Å². The molecule has 1 aromatic heterocycles. The highest BCUT2D eigenvalue weighted by atomic mass is 79.9. The van der Waals surface area contributed by atoms with Gasteiger partial charge in [0.05, 0.1) is 0 Å². The van der Waals surface area contributed by atoms with E-state index in [4.69, 9.17) is 4.42 Å². The minimum absolute atomic E-state index is 0.913. The van der Waals surface area contributed by atoms with Gasteiger partial charge in [0.15, 0.2) is 0 Å². The normalized spacial score (nSPS) is 11.2. The molecule has 0 saturated heterocycles. The minimum Gasteiger partial charge on any atom is -0.456 e. The Kier molecular flexibility index (Phi) is 2.64. The van der Waals surface area contributed by atoms with Crippen molar-refractivity contribution in [3.05, 3.63) is 71.2 Å². The first-order valence-electron chi connectivity index (χ1n) is 6.48. The molecule has 3 aromatic carbocycles. The Labute approximate surface area is 125 Å². The molecule has 96 valence electrons. The van der Waals surface area contributed by atoms with Crippen molar-refractivity contribution in [2.45, 2.75) is 0 Å². The van der Waals surface area contributed by atoms with Crippen LogP contribution in [0.25, 0.3) is 33.1 Å². The number of benzene rings is 3. The first-order valence-corrected chi connectivity index (χ1v) is 7.28. The van der Waals surface area contributed by atoms with Crippen LogP contribution >= 0.6 is 15.9 Å². The van der Waals surface area contributed by atoms with Crippen LogP contribution < -0.4 is 0 Å². The molecule has 0 radical (unpaired) electrons. The van der Waals surface area contributed by atoms with E-state index in [0.717, 1.165) is 26.8 Å². The van der Waals surface area contributed by atoms with E-state index in [1.807, 2.05) is 24.3 Å². The highest BCUT2D eigenvalue weighted by Gasteiger charge is 2.08. The lowest BCUT2D eigenvalue weighted by Crippen LogP contribution is -1.73. The number of hydrogen-bond acceptors (Lipinski definition) is 1.